The first kappa shape index (κ1) is 23.8. The van der Waals surface area contributed by atoms with Crippen LogP contribution in [0.3, 0.4) is 0 Å². The minimum Gasteiger partial charge on any atom is -0.495 e. The van der Waals surface area contributed by atoms with Crippen molar-refractivity contribution in [2.75, 3.05) is 33.4 Å². The van der Waals surface area contributed by atoms with Crippen molar-refractivity contribution in [2.24, 2.45) is 0 Å². The highest BCUT2D eigenvalue weighted by atomic mass is 35.5. The minimum absolute atomic E-state index is 0.109. The van der Waals surface area contributed by atoms with Crippen LogP contribution in [0.2, 0.25) is 5.02 Å². The van der Waals surface area contributed by atoms with Gasteiger partial charge in [-0.2, -0.15) is 0 Å². The number of aliphatic carboxylic acids is 1. The molecule has 31 heavy (non-hydrogen) atoms. The van der Waals surface area contributed by atoms with E-state index in [1.165, 1.54) is 30.2 Å². The van der Waals surface area contributed by atoms with Crippen LogP contribution in [-0.2, 0) is 27.3 Å². The molecule has 1 aromatic carbocycles. The summed E-state index contributed by atoms with van der Waals surface area (Å²) in [5, 5.41) is 11.2. The number of hydrogen-bond donors (Lipinski definition) is 1. The van der Waals surface area contributed by atoms with Gasteiger partial charge in [-0.1, -0.05) is 17.7 Å². The molecular formula is C20H24ClN3O5S2. The summed E-state index contributed by atoms with van der Waals surface area (Å²) in [4.78, 5) is 29.6. The first-order valence-corrected chi connectivity index (χ1v) is 11.7. The molecule has 0 aliphatic carbocycles. The van der Waals surface area contributed by atoms with Crippen LogP contribution in [0.1, 0.15) is 18.2 Å². The molecule has 1 amide bonds. The van der Waals surface area contributed by atoms with E-state index in [9.17, 15) is 9.59 Å². The van der Waals surface area contributed by atoms with E-state index in [0.717, 1.165) is 18.7 Å². The molecule has 1 aliphatic rings. The van der Waals surface area contributed by atoms with Crippen LogP contribution in [-0.4, -0.2) is 70.6 Å². The number of aromatic nitrogens is 1. The minimum atomic E-state index is -0.931. The number of carbonyl (C=O) groups is 2. The molecule has 0 bridgehead atoms. The molecule has 1 aromatic heterocycles. The zero-order chi connectivity index (χ0) is 22.4. The zero-order valence-electron chi connectivity index (χ0n) is 17.2. The normalized spacial score (nSPS) is 16.8. The number of benzene rings is 1. The fraction of sp³-hybridized carbons (Fsp3) is 0.450. The Kier molecular flexibility index (Phi) is 8.56. The number of nitrogens with zero attached hydrogens (tertiary/aromatic N) is 3. The Hall–Kier alpha value is -1.85. The predicted molar refractivity (Wildman–Crippen MR) is 120 cm³/mol. The summed E-state index contributed by atoms with van der Waals surface area (Å²) in [6.07, 6.45) is -0.273. The molecule has 0 saturated carbocycles. The SMILES string of the molecule is COc1ccc(CN2CCO[C@H](CN(Sc3nc(CC(=O)O)cs3)C(C)=O)C2)cc1Cl. The molecule has 1 N–H and O–H groups in total. The van der Waals surface area contributed by atoms with Crippen LogP contribution in [0.4, 0.5) is 0 Å². The quantitative estimate of drug-likeness (QED) is 0.541. The number of carboxylic acids is 1. The van der Waals surface area contributed by atoms with Gasteiger partial charge in [-0.05, 0) is 17.7 Å². The van der Waals surface area contributed by atoms with Gasteiger partial charge in [0, 0.05) is 43.9 Å². The number of morpholine rings is 1. The molecular weight excluding hydrogens is 462 g/mol. The van der Waals surface area contributed by atoms with Gasteiger partial charge in [-0.25, -0.2) is 4.98 Å². The van der Waals surface area contributed by atoms with Gasteiger partial charge in [0.05, 0.1) is 43.5 Å². The van der Waals surface area contributed by atoms with Gasteiger partial charge in [0.25, 0.3) is 0 Å². The average Bonchev–Trinajstić information content (AvgIpc) is 3.14. The number of carbonyl (C=O) groups excluding carboxylic acids is 1. The van der Waals surface area contributed by atoms with E-state index in [-0.39, 0.29) is 18.4 Å². The summed E-state index contributed by atoms with van der Waals surface area (Å²) in [6, 6.07) is 5.75. The molecule has 1 saturated heterocycles. The standard InChI is InChI=1S/C20H24ClN3O5S2/c1-13(25)24(31-20-22-15(12-30-20)8-19(26)27)11-16-10-23(5-6-29-16)9-14-3-4-18(28-2)17(21)7-14/h3-4,7,12,16H,5-6,8-11H2,1-2H3,(H,26,27)/t16-/m0/s1. The molecule has 3 rings (SSSR count). The molecule has 8 nitrogen and oxygen atoms in total. The third kappa shape index (κ3) is 7.08. The third-order valence-electron chi connectivity index (χ3n) is 4.62. The lowest BCUT2D eigenvalue weighted by Crippen LogP contribution is -2.46. The van der Waals surface area contributed by atoms with Crippen LogP contribution in [0.15, 0.2) is 27.9 Å². The van der Waals surface area contributed by atoms with Gasteiger partial charge in [0.2, 0.25) is 5.91 Å². The van der Waals surface area contributed by atoms with Gasteiger partial charge in [0.15, 0.2) is 4.34 Å². The molecule has 0 spiro atoms. The van der Waals surface area contributed by atoms with Crippen LogP contribution in [0.25, 0.3) is 0 Å². The zero-order valence-corrected chi connectivity index (χ0v) is 19.6. The number of methoxy groups -OCH3 is 1. The van der Waals surface area contributed by atoms with Gasteiger partial charge in [-0.3, -0.25) is 18.8 Å². The molecule has 2 aromatic rings. The number of halogens is 1. The van der Waals surface area contributed by atoms with E-state index < -0.39 is 5.97 Å². The van der Waals surface area contributed by atoms with Crippen molar-refractivity contribution in [1.82, 2.24) is 14.2 Å². The summed E-state index contributed by atoms with van der Waals surface area (Å²) in [7, 11) is 1.59. The number of thiazole rings is 1. The highest BCUT2D eigenvalue weighted by molar-refractivity contribution is 7.99. The lowest BCUT2D eigenvalue weighted by molar-refractivity contribution is -0.136. The molecule has 1 fully saturated rings. The topological polar surface area (TPSA) is 92.2 Å². The van der Waals surface area contributed by atoms with Crippen molar-refractivity contribution in [2.45, 2.75) is 30.3 Å². The van der Waals surface area contributed by atoms with E-state index in [1.54, 1.807) is 16.8 Å². The summed E-state index contributed by atoms with van der Waals surface area (Å²) in [5.41, 5.74) is 1.57. The first-order chi connectivity index (χ1) is 14.8. The highest BCUT2D eigenvalue weighted by Gasteiger charge is 2.25. The number of hydrogen-bond acceptors (Lipinski definition) is 8. The van der Waals surface area contributed by atoms with Crippen LogP contribution < -0.4 is 4.74 Å². The number of rotatable bonds is 9. The molecule has 1 atom stereocenters. The van der Waals surface area contributed by atoms with Gasteiger partial charge in [-0.15, -0.1) is 11.3 Å². The second-order valence-corrected chi connectivity index (χ2v) is 9.58. The Morgan fingerprint density at radius 3 is 2.97 bits per heavy atom. The van der Waals surface area contributed by atoms with Crippen molar-refractivity contribution in [3.63, 3.8) is 0 Å². The Morgan fingerprint density at radius 1 is 1.48 bits per heavy atom. The number of ether oxygens (including phenoxy) is 2. The van der Waals surface area contributed by atoms with Crippen LogP contribution in [0.5, 0.6) is 5.75 Å². The molecule has 0 unspecified atom stereocenters. The maximum absolute atomic E-state index is 12.2. The van der Waals surface area contributed by atoms with Crippen molar-refractivity contribution < 1.29 is 24.2 Å². The van der Waals surface area contributed by atoms with Gasteiger partial charge < -0.3 is 14.6 Å². The summed E-state index contributed by atoms with van der Waals surface area (Å²) < 4.78 is 13.3. The van der Waals surface area contributed by atoms with Crippen molar-refractivity contribution in [3.8, 4) is 5.75 Å². The molecule has 2 heterocycles. The summed E-state index contributed by atoms with van der Waals surface area (Å²) in [6.45, 7) is 4.67. The number of carboxylic acid groups (broad SMARTS) is 1. The lowest BCUT2D eigenvalue weighted by atomic mass is 10.1. The lowest BCUT2D eigenvalue weighted by Gasteiger charge is -2.35. The number of amides is 1. The van der Waals surface area contributed by atoms with E-state index >= 15 is 0 Å². The third-order valence-corrected chi connectivity index (χ3v) is 6.98. The second kappa shape index (κ2) is 11.1. The van der Waals surface area contributed by atoms with E-state index in [1.807, 2.05) is 18.2 Å². The van der Waals surface area contributed by atoms with E-state index in [4.69, 9.17) is 26.2 Å². The maximum atomic E-state index is 12.2. The van der Waals surface area contributed by atoms with E-state index in [0.29, 0.717) is 40.5 Å². The van der Waals surface area contributed by atoms with E-state index in [2.05, 4.69) is 9.88 Å². The smallest absolute Gasteiger partial charge is 0.309 e. The highest BCUT2D eigenvalue weighted by Crippen LogP contribution is 2.28. The van der Waals surface area contributed by atoms with Crippen LogP contribution in [0, 0.1) is 0 Å². The Bertz CT molecular complexity index is 926. The van der Waals surface area contributed by atoms with Gasteiger partial charge in [0.1, 0.15) is 5.75 Å². The monoisotopic (exact) mass is 485 g/mol. The van der Waals surface area contributed by atoms with Crippen molar-refractivity contribution in [1.29, 1.82) is 0 Å². The maximum Gasteiger partial charge on any atom is 0.309 e. The Labute approximate surface area is 194 Å². The van der Waals surface area contributed by atoms with Gasteiger partial charge >= 0.3 is 5.97 Å². The first-order valence-electron chi connectivity index (χ1n) is 9.62. The average molecular weight is 486 g/mol. The predicted octanol–water partition coefficient (Wildman–Crippen LogP) is 3.19. The molecule has 0 radical (unpaired) electrons. The molecule has 11 heteroatoms. The fourth-order valence-corrected chi connectivity index (χ4v) is 5.30. The largest absolute Gasteiger partial charge is 0.495 e. The molecule has 168 valence electrons. The fourth-order valence-electron chi connectivity index (χ4n) is 3.18. The van der Waals surface area contributed by atoms with Crippen LogP contribution >= 0.6 is 34.9 Å². The van der Waals surface area contributed by atoms with Crippen molar-refractivity contribution >= 4 is 46.8 Å². The Morgan fingerprint density at radius 2 is 2.29 bits per heavy atom. The summed E-state index contributed by atoms with van der Waals surface area (Å²) >= 11 is 8.78. The Balaban J connectivity index is 1.58. The van der Waals surface area contributed by atoms with Crippen molar-refractivity contribution in [3.05, 3.63) is 39.9 Å². The molecule has 1 aliphatic heterocycles. The second-order valence-electron chi connectivity index (χ2n) is 7.04. The summed E-state index contributed by atoms with van der Waals surface area (Å²) in [5.74, 6) is -0.394.